The standard InChI is InChI=1S/C11H14BrClO/c1-9-3-2-4-10(5-9)8-14-11(6-12)7-13/h2-5,11H,6-8H2,1H3/t11-/m0/s1. The fourth-order valence-corrected chi connectivity index (χ4v) is 2.02. The van der Waals surface area contributed by atoms with E-state index in [4.69, 9.17) is 16.3 Å². The number of ether oxygens (including phenoxy) is 1. The molecule has 0 radical (unpaired) electrons. The van der Waals surface area contributed by atoms with E-state index in [1.807, 2.05) is 6.07 Å². The Morgan fingerprint density at radius 2 is 2.29 bits per heavy atom. The first-order chi connectivity index (χ1) is 6.76. The van der Waals surface area contributed by atoms with Gasteiger partial charge in [0.2, 0.25) is 0 Å². The molecule has 0 amide bonds. The Labute approximate surface area is 98.5 Å². The molecule has 0 aromatic heterocycles. The fraction of sp³-hybridized carbons (Fsp3) is 0.455. The van der Waals surface area contributed by atoms with Gasteiger partial charge in [0.05, 0.1) is 12.7 Å². The second-order valence-corrected chi connectivity index (χ2v) is 4.19. The maximum absolute atomic E-state index is 5.71. The first-order valence-corrected chi connectivity index (χ1v) is 6.21. The average Bonchev–Trinajstić information content (AvgIpc) is 2.19. The van der Waals surface area contributed by atoms with E-state index in [-0.39, 0.29) is 6.10 Å². The highest BCUT2D eigenvalue weighted by molar-refractivity contribution is 9.09. The van der Waals surface area contributed by atoms with E-state index in [9.17, 15) is 0 Å². The molecule has 0 heterocycles. The molecule has 1 atom stereocenters. The van der Waals surface area contributed by atoms with E-state index >= 15 is 0 Å². The summed E-state index contributed by atoms with van der Waals surface area (Å²) in [5.41, 5.74) is 2.45. The molecule has 0 N–H and O–H groups in total. The van der Waals surface area contributed by atoms with Crippen molar-refractivity contribution in [2.45, 2.75) is 19.6 Å². The van der Waals surface area contributed by atoms with Gasteiger partial charge in [-0.05, 0) is 12.5 Å². The molecule has 1 rings (SSSR count). The molecule has 0 aliphatic heterocycles. The lowest BCUT2D eigenvalue weighted by Crippen LogP contribution is -2.16. The van der Waals surface area contributed by atoms with Crippen LogP contribution in [0.1, 0.15) is 11.1 Å². The third-order valence-electron chi connectivity index (χ3n) is 1.91. The van der Waals surface area contributed by atoms with Crippen LogP contribution >= 0.6 is 27.5 Å². The van der Waals surface area contributed by atoms with Gasteiger partial charge in [0.15, 0.2) is 0 Å². The van der Waals surface area contributed by atoms with Crippen LogP contribution in [0.5, 0.6) is 0 Å². The Morgan fingerprint density at radius 1 is 1.50 bits per heavy atom. The van der Waals surface area contributed by atoms with Crippen LogP contribution in [-0.2, 0) is 11.3 Å². The molecular formula is C11H14BrClO. The molecule has 0 saturated heterocycles. The van der Waals surface area contributed by atoms with Crippen molar-refractivity contribution in [2.75, 3.05) is 11.2 Å². The summed E-state index contributed by atoms with van der Waals surface area (Å²) in [5.74, 6) is 0.525. The lowest BCUT2D eigenvalue weighted by molar-refractivity contribution is 0.0717. The van der Waals surface area contributed by atoms with Crippen LogP contribution in [0.15, 0.2) is 24.3 Å². The van der Waals surface area contributed by atoms with Gasteiger partial charge in [-0.2, -0.15) is 0 Å². The summed E-state index contributed by atoms with van der Waals surface area (Å²) in [6.07, 6.45) is 0.0946. The zero-order valence-corrected chi connectivity index (χ0v) is 10.5. The Hall–Kier alpha value is -0.0500. The number of rotatable bonds is 5. The lowest BCUT2D eigenvalue weighted by Gasteiger charge is -2.12. The van der Waals surface area contributed by atoms with Crippen LogP contribution in [0.3, 0.4) is 0 Å². The normalized spacial score (nSPS) is 12.8. The molecule has 0 unspecified atom stereocenters. The molecule has 0 fully saturated rings. The predicted molar refractivity (Wildman–Crippen MR) is 64.3 cm³/mol. The van der Waals surface area contributed by atoms with Gasteiger partial charge in [0.25, 0.3) is 0 Å². The van der Waals surface area contributed by atoms with Crippen LogP contribution in [0.25, 0.3) is 0 Å². The number of halogens is 2. The van der Waals surface area contributed by atoms with Gasteiger partial charge in [-0.1, -0.05) is 45.8 Å². The van der Waals surface area contributed by atoms with E-state index in [0.29, 0.717) is 12.5 Å². The van der Waals surface area contributed by atoms with Crippen LogP contribution < -0.4 is 0 Å². The van der Waals surface area contributed by atoms with Crippen LogP contribution in [0.2, 0.25) is 0 Å². The lowest BCUT2D eigenvalue weighted by atomic mass is 10.1. The Kier molecular flexibility index (Phi) is 5.53. The van der Waals surface area contributed by atoms with E-state index < -0.39 is 0 Å². The van der Waals surface area contributed by atoms with Crippen molar-refractivity contribution in [1.29, 1.82) is 0 Å². The fourth-order valence-electron chi connectivity index (χ4n) is 1.15. The third-order valence-corrected chi connectivity index (χ3v) is 2.98. The number of hydrogen-bond acceptors (Lipinski definition) is 1. The van der Waals surface area contributed by atoms with Crippen LogP contribution in [-0.4, -0.2) is 17.3 Å². The smallest absolute Gasteiger partial charge is 0.0811 e. The highest BCUT2D eigenvalue weighted by atomic mass is 79.9. The van der Waals surface area contributed by atoms with Crippen molar-refractivity contribution in [1.82, 2.24) is 0 Å². The van der Waals surface area contributed by atoms with Crippen LogP contribution in [0.4, 0.5) is 0 Å². The van der Waals surface area contributed by atoms with Gasteiger partial charge >= 0.3 is 0 Å². The van der Waals surface area contributed by atoms with E-state index in [1.54, 1.807) is 0 Å². The van der Waals surface area contributed by atoms with E-state index in [2.05, 4.69) is 41.1 Å². The molecule has 3 heteroatoms. The molecule has 14 heavy (non-hydrogen) atoms. The second-order valence-electron chi connectivity index (χ2n) is 3.23. The number of hydrogen-bond donors (Lipinski definition) is 0. The van der Waals surface area contributed by atoms with Gasteiger partial charge in [0, 0.05) is 11.2 Å². The highest BCUT2D eigenvalue weighted by Gasteiger charge is 2.05. The molecule has 0 bridgehead atoms. The number of aryl methyl sites for hydroxylation is 1. The Morgan fingerprint density at radius 3 is 2.86 bits per heavy atom. The van der Waals surface area contributed by atoms with Crippen molar-refractivity contribution in [3.8, 4) is 0 Å². The SMILES string of the molecule is Cc1cccc(CO[C@H](CCl)CBr)c1. The number of benzene rings is 1. The van der Waals surface area contributed by atoms with Crippen molar-refractivity contribution in [3.63, 3.8) is 0 Å². The van der Waals surface area contributed by atoms with Gasteiger partial charge < -0.3 is 4.74 Å². The van der Waals surface area contributed by atoms with Crippen molar-refractivity contribution < 1.29 is 4.74 Å². The molecule has 1 aromatic carbocycles. The molecule has 1 aromatic rings. The molecule has 0 spiro atoms. The van der Waals surface area contributed by atoms with Crippen molar-refractivity contribution in [2.24, 2.45) is 0 Å². The molecule has 78 valence electrons. The highest BCUT2D eigenvalue weighted by Crippen LogP contribution is 2.08. The first kappa shape index (κ1) is 12.0. The minimum absolute atomic E-state index is 0.0946. The van der Waals surface area contributed by atoms with Crippen molar-refractivity contribution >= 4 is 27.5 Å². The van der Waals surface area contributed by atoms with E-state index in [0.717, 1.165) is 5.33 Å². The third kappa shape index (κ3) is 3.99. The monoisotopic (exact) mass is 276 g/mol. The molecule has 1 nitrogen and oxygen atoms in total. The molecule has 0 aliphatic rings. The molecular weight excluding hydrogens is 263 g/mol. The van der Waals surface area contributed by atoms with E-state index in [1.165, 1.54) is 11.1 Å². The van der Waals surface area contributed by atoms with Gasteiger partial charge in [-0.3, -0.25) is 0 Å². The summed E-state index contributed by atoms with van der Waals surface area (Å²) in [4.78, 5) is 0. The van der Waals surface area contributed by atoms with Crippen molar-refractivity contribution in [3.05, 3.63) is 35.4 Å². The molecule has 0 saturated carbocycles. The Balaban J connectivity index is 2.44. The summed E-state index contributed by atoms with van der Waals surface area (Å²) < 4.78 is 5.60. The second kappa shape index (κ2) is 6.44. The van der Waals surface area contributed by atoms with Gasteiger partial charge in [-0.25, -0.2) is 0 Å². The average molecular weight is 278 g/mol. The summed E-state index contributed by atoms with van der Waals surface area (Å²) >= 11 is 9.06. The number of alkyl halides is 2. The maximum Gasteiger partial charge on any atom is 0.0811 e. The zero-order valence-electron chi connectivity index (χ0n) is 8.17. The minimum Gasteiger partial charge on any atom is -0.371 e. The summed E-state index contributed by atoms with van der Waals surface area (Å²) in [6, 6.07) is 8.30. The predicted octanol–water partition coefficient (Wildman–Crippen LogP) is 3.51. The summed E-state index contributed by atoms with van der Waals surface area (Å²) in [5, 5.41) is 0.780. The van der Waals surface area contributed by atoms with Gasteiger partial charge in [-0.15, -0.1) is 11.6 Å². The topological polar surface area (TPSA) is 9.23 Å². The first-order valence-electron chi connectivity index (χ1n) is 4.55. The molecule has 0 aliphatic carbocycles. The largest absolute Gasteiger partial charge is 0.371 e. The van der Waals surface area contributed by atoms with Crippen LogP contribution in [0, 0.1) is 6.92 Å². The summed E-state index contributed by atoms with van der Waals surface area (Å²) in [6.45, 7) is 2.71. The minimum atomic E-state index is 0.0946. The van der Waals surface area contributed by atoms with Gasteiger partial charge in [0.1, 0.15) is 0 Å². The Bertz CT molecular complexity index is 274. The summed E-state index contributed by atoms with van der Waals surface area (Å²) in [7, 11) is 0. The quantitative estimate of drug-likeness (QED) is 0.748. The maximum atomic E-state index is 5.71. The zero-order chi connectivity index (χ0) is 10.4.